The van der Waals surface area contributed by atoms with Crippen LogP contribution in [-0.4, -0.2) is 57.8 Å². The maximum atomic E-state index is 11.9. The second-order valence-corrected chi connectivity index (χ2v) is 6.64. The third kappa shape index (κ3) is 4.88. The SMILES string of the molecule is CCNC(=NCc1nncn1-c1ccccc1)N1CCC(C(=O)OCC)CC1. The molecule has 1 aromatic heterocycles. The van der Waals surface area contributed by atoms with Crippen LogP contribution in [0.4, 0.5) is 0 Å². The van der Waals surface area contributed by atoms with Crippen LogP contribution in [0.3, 0.4) is 0 Å². The Morgan fingerprint density at radius 2 is 2.00 bits per heavy atom. The molecule has 1 saturated heterocycles. The molecule has 2 aromatic rings. The Labute approximate surface area is 165 Å². The third-order valence-electron chi connectivity index (χ3n) is 4.77. The highest BCUT2D eigenvalue weighted by atomic mass is 16.5. The van der Waals surface area contributed by atoms with Gasteiger partial charge in [0.2, 0.25) is 0 Å². The molecule has 28 heavy (non-hydrogen) atoms. The molecule has 3 rings (SSSR count). The molecule has 1 aromatic carbocycles. The van der Waals surface area contributed by atoms with Crippen molar-refractivity contribution in [2.75, 3.05) is 26.2 Å². The van der Waals surface area contributed by atoms with Gasteiger partial charge in [0.1, 0.15) is 12.9 Å². The van der Waals surface area contributed by atoms with E-state index in [0.29, 0.717) is 13.2 Å². The first-order valence-corrected chi connectivity index (χ1v) is 9.87. The highest BCUT2D eigenvalue weighted by molar-refractivity contribution is 5.80. The normalized spacial score (nSPS) is 15.5. The number of carbonyl (C=O) groups is 1. The summed E-state index contributed by atoms with van der Waals surface area (Å²) in [6.07, 6.45) is 3.27. The number of rotatable bonds is 6. The number of hydrogen-bond donors (Lipinski definition) is 1. The Morgan fingerprint density at radius 1 is 1.25 bits per heavy atom. The van der Waals surface area contributed by atoms with Crippen molar-refractivity contribution in [3.63, 3.8) is 0 Å². The zero-order valence-corrected chi connectivity index (χ0v) is 16.5. The number of benzene rings is 1. The van der Waals surface area contributed by atoms with Crippen molar-refractivity contribution in [3.05, 3.63) is 42.5 Å². The monoisotopic (exact) mass is 384 g/mol. The maximum Gasteiger partial charge on any atom is 0.309 e. The van der Waals surface area contributed by atoms with E-state index in [9.17, 15) is 4.79 Å². The number of esters is 1. The molecule has 0 radical (unpaired) electrons. The van der Waals surface area contributed by atoms with Gasteiger partial charge in [-0.25, -0.2) is 4.99 Å². The van der Waals surface area contributed by atoms with Gasteiger partial charge in [0.05, 0.1) is 12.5 Å². The number of likely N-dealkylation sites (tertiary alicyclic amines) is 1. The van der Waals surface area contributed by atoms with Gasteiger partial charge >= 0.3 is 5.97 Å². The summed E-state index contributed by atoms with van der Waals surface area (Å²) in [4.78, 5) is 18.9. The fourth-order valence-electron chi connectivity index (χ4n) is 3.33. The van der Waals surface area contributed by atoms with E-state index < -0.39 is 0 Å². The number of aliphatic imine (C=N–C) groups is 1. The number of nitrogens with zero attached hydrogens (tertiary/aromatic N) is 5. The maximum absolute atomic E-state index is 11.9. The standard InChI is InChI=1S/C20H28N6O2/c1-3-21-20(25-12-10-16(11-13-25)19(27)28-4-2)22-14-18-24-23-15-26(18)17-8-6-5-7-9-17/h5-9,15-16H,3-4,10-14H2,1-2H3,(H,21,22). The minimum Gasteiger partial charge on any atom is -0.466 e. The summed E-state index contributed by atoms with van der Waals surface area (Å²) in [7, 11) is 0. The lowest BCUT2D eigenvalue weighted by atomic mass is 9.97. The molecule has 8 nitrogen and oxygen atoms in total. The van der Waals surface area contributed by atoms with Gasteiger partial charge in [-0.2, -0.15) is 0 Å². The minimum absolute atomic E-state index is 0.0137. The molecule has 150 valence electrons. The van der Waals surface area contributed by atoms with E-state index in [0.717, 1.165) is 49.9 Å². The molecule has 1 aliphatic rings. The van der Waals surface area contributed by atoms with Gasteiger partial charge in [-0.3, -0.25) is 9.36 Å². The van der Waals surface area contributed by atoms with E-state index in [1.807, 2.05) is 48.7 Å². The first-order chi connectivity index (χ1) is 13.7. The van der Waals surface area contributed by atoms with Crippen LogP contribution in [0.5, 0.6) is 0 Å². The van der Waals surface area contributed by atoms with Crippen LogP contribution in [0, 0.1) is 5.92 Å². The number of carbonyl (C=O) groups excluding carboxylic acids is 1. The number of ether oxygens (including phenoxy) is 1. The Balaban J connectivity index is 1.66. The number of para-hydroxylation sites is 1. The summed E-state index contributed by atoms with van der Waals surface area (Å²) in [5.74, 6) is 1.52. The number of guanidine groups is 1. The predicted molar refractivity (Wildman–Crippen MR) is 107 cm³/mol. The molecule has 8 heteroatoms. The smallest absolute Gasteiger partial charge is 0.309 e. The number of nitrogens with one attached hydrogen (secondary N) is 1. The molecule has 0 amide bonds. The molecule has 0 bridgehead atoms. The largest absolute Gasteiger partial charge is 0.466 e. The quantitative estimate of drug-likeness (QED) is 0.466. The zero-order chi connectivity index (χ0) is 19.8. The van der Waals surface area contributed by atoms with Gasteiger partial charge in [-0.05, 0) is 38.8 Å². The Kier molecular flexibility index (Phi) is 7.00. The van der Waals surface area contributed by atoms with Gasteiger partial charge in [0, 0.05) is 25.3 Å². The number of piperidine rings is 1. The minimum atomic E-state index is -0.0833. The van der Waals surface area contributed by atoms with Crippen LogP contribution < -0.4 is 5.32 Å². The van der Waals surface area contributed by atoms with Crippen molar-refractivity contribution < 1.29 is 9.53 Å². The van der Waals surface area contributed by atoms with Crippen LogP contribution in [-0.2, 0) is 16.1 Å². The van der Waals surface area contributed by atoms with Gasteiger partial charge < -0.3 is 15.0 Å². The average molecular weight is 384 g/mol. The van der Waals surface area contributed by atoms with Crippen LogP contribution >= 0.6 is 0 Å². The fourth-order valence-corrected chi connectivity index (χ4v) is 3.33. The van der Waals surface area contributed by atoms with E-state index in [1.54, 1.807) is 6.33 Å². The van der Waals surface area contributed by atoms with Crippen LogP contribution in [0.15, 0.2) is 41.7 Å². The van der Waals surface area contributed by atoms with E-state index in [1.165, 1.54) is 0 Å². The van der Waals surface area contributed by atoms with Crippen molar-refractivity contribution in [2.45, 2.75) is 33.2 Å². The molecule has 0 aliphatic carbocycles. The molecular weight excluding hydrogens is 356 g/mol. The summed E-state index contributed by atoms with van der Waals surface area (Å²) in [5.41, 5.74) is 1.01. The molecule has 2 heterocycles. The molecule has 0 spiro atoms. The predicted octanol–water partition coefficient (Wildman–Crippen LogP) is 2.01. The van der Waals surface area contributed by atoms with Crippen LogP contribution in [0.1, 0.15) is 32.5 Å². The topological polar surface area (TPSA) is 84.6 Å². The Morgan fingerprint density at radius 3 is 2.68 bits per heavy atom. The number of aromatic nitrogens is 3. The zero-order valence-electron chi connectivity index (χ0n) is 16.5. The fraction of sp³-hybridized carbons (Fsp3) is 0.500. The van der Waals surface area contributed by atoms with Crippen molar-refractivity contribution in [1.82, 2.24) is 25.0 Å². The first kappa shape index (κ1) is 19.9. The second kappa shape index (κ2) is 9.87. The number of hydrogen-bond acceptors (Lipinski definition) is 5. The van der Waals surface area contributed by atoms with Crippen LogP contribution in [0.2, 0.25) is 0 Å². The van der Waals surface area contributed by atoms with Crippen molar-refractivity contribution in [3.8, 4) is 5.69 Å². The molecular formula is C20H28N6O2. The lowest BCUT2D eigenvalue weighted by Crippen LogP contribution is -2.46. The molecule has 0 saturated carbocycles. The first-order valence-electron chi connectivity index (χ1n) is 9.87. The summed E-state index contributed by atoms with van der Waals surface area (Å²) < 4.78 is 7.10. The van der Waals surface area contributed by atoms with Crippen molar-refractivity contribution in [2.24, 2.45) is 10.9 Å². The summed E-state index contributed by atoms with van der Waals surface area (Å²) in [5, 5.41) is 11.6. The summed E-state index contributed by atoms with van der Waals surface area (Å²) in [6.45, 7) is 7.09. The van der Waals surface area contributed by atoms with E-state index in [2.05, 4.69) is 20.4 Å². The Bertz CT molecular complexity index is 781. The van der Waals surface area contributed by atoms with Gasteiger partial charge in [0.25, 0.3) is 0 Å². The van der Waals surface area contributed by atoms with Crippen molar-refractivity contribution in [1.29, 1.82) is 0 Å². The van der Waals surface area contributed by atoms with E-state index in [4.69, 9.17) is 9.73 Å². The highest BCUT2D eigenvalue weighted by Crippen LogP contribution is 2.19. The Hall–Kier alpha value is -2.90. The molecule has 1 aliphatic heterocycles. The van der Waals surface area contributed by atoms with Gasteiger partial charge in [-0.15, -0.1) is 10.2 Å². The molecule has 1 fully saturated rings. The summed E-state index contributed by atoms with van der Waals surface area (Å²) >= 11 is 0. The highest BCUT2D eigenvalue weighted by Gasteiger charge is 2.27. The molecule has 0 unspecified atom stereocenters. The molecule has 0 atom stereocenters. The van der Waals surface area contributed by atoms with Gasteiger partial charge in [0.15, 0.2) is 11.8 Å². The molecule has 1 N–H and O–H groups in total. The lowest BCUT2D eigenvalue weighted by Gasteiger charge is -2.33. The third-order valence-corrected chi connectivity index (χ3v) is 4.77. The average Bonchev–Trinajstić information content (AvgIpc) is 3.21. The summed E-state index contributed by atoms with van der Waals surface area (Å²) in [6, 6.07) is 9.99. The lowest BCUT2D eigenvalue weighted by molar-refractivity contribution is -0.149. The van der Waals surface area contributed by atoms with Crippen LogP contribution in [0.25, 0.3) is 5.69 Å². The van der Waals surface area contributed by atoms with Gasteiger partial charge in [-0.1, -0.05) is 18.2 Å². The van der Waals surface area contributed by atoms with E-state index in [-0.39, 0.29) is 11.9 Å². The van der Waals surface area contributed by atoms with Crippen molar-refractivity contribution >= 4 is 11.9 Å². The second-order valence-electron chi connectivity index (χ2n) is 6.64. The van der Waals surface area contributed by atoms with E-state index >= 15 is 0 Å².